The van der Waals surface area contributed by atoms with Gasteiger partial charge in [0, 0.05) is 29.7 Å². The molecule has 1 unspecified atom stereocenters. The largest absolute Gasteiger partial charge is 0.494 e. The van der Waals surface area contributed by atoms with Gasteiger partial charge in [-0.25, -0.2) is 0 Å². The molecule has 154 valence electrons. The highest BCUT2D eigenvalue weighted by atomic mass is 32.2. The van der Waals surface area contributed by atoms with Gasteiger partial charge < -0.3 is 19.1 Å². The molecule has 0 aromatic heterocycles. The second-order valence-electron chi connectivity index (χ2n) is 7.28. The van der Waals surface area contributed by atoms with Crippen LogP contribution in [0.2, 0.25) is 0 Å². The van der Waals surface area contributed by atoms with E-state index in [0.29, 0.717) is 18.6 Å². The van der Waals surface area contributed by atoms with Gasteiger partial charge in [-0.05, 0) is 54.8 Å². The van der Waals surface area contributed by atoms with Crippen LogP contribution >= 0.6 is 11.8 Å². The fourth-order valence-corrected chi connectivity index (χ4v) is 4.78. The normalized spacial score (nSPS) is 18.4. The minimum Gasteiger partial charge on any atom is -0.494 e. The summed E-state index contributed by atoms with van der Waals surface area (Å²) in [5.74, 6) is 3.47. The van der Waals surface area contributed by atoms with Crippen molar-refractivity contribution in [2.75, 3.05) is 32.2 Å². The average Bonchev–Trinajstić information content (AvgIpc) is 3.09. The lowest BCUT2D eigenvalue weighted by Crippen LogP contribution is -2.32. The first-order chi connectivity index (χ1) is 14.2. The van der Waals surface area contributed by atoms with Crippen molar-refractivity contribution in [2.24, 2.45) is 0 Å². The molecule has 2 aromatic carbocycles. The van der Waals surface area contributed by atoms with E-state index in [4.69, 9.17) is 14.2 Å². The third kappa shape index (κ3) is 4.81. The summed E-state index contributed by atoms with van der Waals surface area (Å²) in [7, 11) is 0. The molecular formula is C23H27NO4S. The molecule has 0 N–H and O–H groups in total. The number of unbranched alkanes of at least 4 members (excludes halogenated alkanes) is 1. The van der Waals surface area contributed by atoms with E-state index in [1.807, 2.05) is 47.0 Å². The number of carbonyl (C=O) groups excluding carboxylic acids is 1. The molecule has 1 amide bonds. The standard InChI is InChI=1S/C23H27NO4S/c1-2-3-13-26-19-7-4-17(5-8-19)23(25)24-11-10-22(29-14-12-24)18-6-9-20-21(15-18)28-16-27-20/h4-9,15,22H,2-3,10-14,16H2,1H3. The summed E-state index contributed by atoms with van der Waals surface area (Å²) in [4.78, 5) is 14.9. The van der Waals surface area contributed by atoms with E-state index in [2.05, 4.69) is 19.1 Å². The van der Waals surface area contributed by atoms with Gasteiger partial charge in [0.15, 0.2) is 11.5 Å². The first kappa shape index (κ1) is 20.0. The Hall–Kier alpha value is -2.34. The fraction of sp³-hybridized carbons (Fsp3) is 0.435. The van der Waals surface area contributed by atoms with Gasteiger partial charge in [-0.3, -0.25) is 4.79 Å². The summed E-state index contributed by atoms with van der Waals surface area (Å²) in [5, 5.41) is 0.358. The van der Waals surface area contributed by atoms with E-state index >= 15 is 0 Å². The van der Waals surface area contributed by atoms with Crippen LogP contribution in [-0.4, -0.2) is 43.0 Å². The van der Waals surface area contributed by atoms with Gasteiger partial charge in [0.05, 0.1) is 6.61 Å². The molecule has 0 saturated carbocycles. The van der Waals surface area contributed by atoms with Crippen molar-refractivity contribution in [3.63, 3.8) is 0 Å². The fourth-order valence-electron chi connectivity index (χ4n) is 3.56. The molecule has 2 aliphatic rings. The van der Waals surface area contributed by atoms with Gasteiger partial charge in [0.25, 0.3) is 5.91 Å². The number of nitrogens with zero attached hydrogens (tertiary/aromatic N) is 1. The minimum absolute atomic E-state index is 0.0945. The van der Waals surface area contributed by atoms with Crippen molar-refractivity contribution in [1.82, 2.24) is 4.90 Å². The maximum atomic E-state index is 13.0. The summed E-state index contributed by atoms with van der Waals surface area (Å²) >= 11 is 1.90. The van der Waals surface area contributed by atoms with Crippen LogP contribution in [0.25, 0.3) is 0 Å². The van der Waals surface area contributed by atoms with Crippen molar-refractivity contribution in [1.29, 1.82) is 0 Å². The second kappa shape index (κ2) is 9.44. The maximum absolute atomic E-state index is 13.0. The molecule has 29 heavy (non-hydrogen) atoms. The zero-order chi connectivity index (χ0) is 20.1. The maximum Gasteiger partial charge on any atom is 0.253 e. The van der Waals surface area contributed by atoms with Gasteiger partial charge in [-0.1, -0.05) is 19.4 Å². The van der Waals surface area contributed by atoms with Crippen molar-refractivity contribution in [2.45, 2.75) is 31.4 Å². The Morgan fingerprint density at radius 1 is 1.14 bits per heavy atom. The number of ether oxygens (including phenoxy) is 3. The highest BCUT2D eigenvalue weighted by molar-refractivity contribution is 7.99. The number of fused-ring (bicyclic) bond motifs is 1. The molecule has 1 fully saturated rings. The van der Waals surface area contributed by atoms with Crippen LogP contribution in [0, 0.1) is 0 Å². The minimum atomic E-state index is 0.0945. The topological polar surface area (TPSA) is 48.0 Å². The third-order valence-electron chi connectivity index (χ3n) is 5.26. The van der Waals surface area contributed by atoms with E-state index in [-0.39, 0.29) is 5.91 Å². The molecule has 0 aliphatic carbocycles. The molecular weight excluding hydrogens is 386 g/mol. The number of thioether (sulfide) groups is 1. The van der Waals surface area contributed by atoms with Crippen molar-refractivity contribution < 1.29 is 19.0 Å². The summed E-state index contributed by atoms with van der Waals surface area (Å²) in [6.45, 7) is 4.66. The second-order valence-corrected chi connectivity index (χ2v) is 8.59. The van der Waals surface area contributed by atoms with Crippen LogP contribution in [0.4, 0.5) is 0 Å². The smallest absolute Gasteiger partial charge is 0.253 e. The predicted octanol–water partition coefficient (Wildman–Crippen LogP) is 4.91. The Morgan fingerprint density at radius 3 is 2.79 bits per heavy atom. The Morgan fingerprint density at radius 2 is 1.97 bits per heavy atom. The van der Waals surface area contributed by atoms with Crippen LogP contribution in [0.1, 0.15) is 47.4 Å². The number of carbonyl (C=O) groups is 1. The van der Waals surface area contributed by atoms with E-state index in [1.165, 1.54) is 5.56 Å². The molecule has 5 nitrogen and oxygen atoms in total. The number of benzene rings is 2. The van der Waals surface area contributed by atoms with Crippen molar-refractivity contribution >= 4 is 17.7 Å². The first-order valence-electron chi connectivity index (χ1n) is 10.3. The molecule has 1 atom stereocenters. The highest BCUT2D eigenvalue weighted by Gasteiger charge is 2.24. The Bertz CT molecular complexity index is 839. The zero-order valence-electron chi connectivity index (χ0n) is 16.8. The third-order valence-corrected chi connectivity index (χ3v) is 6.59. The monoisotopic (exact) mass is 413 g/mol. The molecule has 1 saturated heterocycles. The number of hydrogen-bond acceptors (Lipinski definition) is 5. The van der Waals surface area contributed by atoms with Crippen LogP contribution in [0.3, 0.4) is 0 Å². The molecule has 0 bridgehead atoms. The zero-order valence-corrected chi connectivity index (χ0v) is 17.6. The molecule has 0 radical (unpaired) electrons. The highest BCUT2D eigenvalue weighted by Crippen LogP contribution is 2.40. The van der Waals surface area contributed by atoms with Gasteiger partial charge in [0.1, 0.15) is 5.75 Å². The van der Waals surface area contributed by atoms with E-state index < -0.39 is 0 Å². The lowest BCUT2D eigenvalue weighted by atomic mass is 10.1. The van der Waals surface area contributed by atoms with E-state index in [1.54, 1.807) is 0 Å². The molecule has 4 rings (SSSR count). The molecule has 2 aliphatic heterocycles. The lowest BCUT2D eigenvalue weighted by molar-refractivity contribution is 0.0766. The summed E-state index contributed by atoms with van der Waals surface area (Å²) < 4.78 is 16.6. The van der Waals surface area contributed by atoms with Gasteiger partial charge in [-0.2, -0.15) is 11.8 Å². The number of hydrogen-bond donors (Lipinski definition) is 0. The number of rotatable bonds is 6. The van der Waals surface area contributed by atoms with Crippen LogP contribution in [-0.2, 0) is 0 Å². The van der Waals surface area contributed by atoms with Crippen molar-refractivity contribution in [3.05, 3.63) is 53.6 Å². The number of amides is 1. The van der Waals surface area contributed by atoms with Crippen LogP contribution < -0.4 is 14.2 Å². The Balaban J connectivity index is 1.36. The summed E-state index contributed by atoms with van der Waals surface area (Å²) in [5.41, 5.74) is 1.96. The Kier molecular flexibility index (Phi) is 6.49. The molecule has 0 spiro atoms. The van der Waals surface area contributed by atoms with Crippen LogP contribution in [0.15, 0.2) is 42.5 Å². The predicted molar refractivity (Wildman–Crippen MR) is 115 cm³/mol. The lowest BCUT2D eigenvalue weighted by Gasteiger charge is -2.20. The van der Waals surface area contributed by atoms with Gasteiger partial charge in [0.2, 0.25) is 6.79 Å². The van der Waals surface area contributed by atoms with Gasteiger partial charge >= 0.3 is 0 Å². The quantitative estimate of drug-likeness (QED) is 0.630. The Labute approximate surface area is 176 Å². The van der Waals surface area contributed by atoms with Crippen molar-refractivity contribution in [3.8, 4) is 17.2 Å². The van der Waals surface area contributed by atoms with E-state index in [9.17, 15) is 4.79 Å². The summed E-state index contributed by atoms with van der Waals surface area (Å²) in [6.07, 6.45) is 3.07. The first-order valence-corrected chi connectivity index (χ1v) is 11.3. The molecule has 2 aromatic rings. The van der Waals surface area contributed by atoms with Crippen LogP contribution in [0.5, 0.6) is 17.2 Å². The average molecular weight is 414 g/mol. The summed E-state index contributed by atoms with van der Waals surface area (Å²) in [6, 6.07) is 13.7. The van der Waals surface area contributed by atoms with Gasteiger partial charge in [-0.15, -0.1) is 0 Å². The van der Waals surface area contributed by atoms with E-state index in [0.717, 1.165) is 60.9 Å². The molecule has 6 heteroatoms. The SMILES string of the molecule is CCCCOc1ccc(C(=O)N2CCSC(c3ccc4c(c3)OCO4)CC2)cc1. The molecule has 2 heterocycles.